The molecular weight excluding hydrogens is 318 g/mol. The molecule has 0 radical (unpaired) electrons. The second kappa shape index (κ2) is 5.20. The lowest BCUT2D eigenvalue weighted by molar-refractivity contribution is 0.626. The van der Waals surface area contributed by atoms with Gasteiger partial charge in [-0.1, -0.05) is 35.3 Å². The molecular formula is C14H9Cl2FN2S. The molecule has 0 unspecified atom stereocenters. The van der Waals surface area contributed by atoms with Crippen molar-refractivity contribution in [2.75, 3.05) is 0 Å². The van der Waals surface area contributed by atoms with E-state index in [2.05, 4.69) is 4.98 Å². The minimum Gasteiger partial charge on any atom is -0.331 e. The highest BCUT2D eigenvalue weighted by molar-refractivity contribution is 7.71. The lowest BCUT2D eigenvalue weighted by Gasteiger charge is -2.05. The number of aromatic nitrogens is 2. The van der Waals surface area contributed by atoms with Crippen molar-refractivity contribution < 1.29 is 4.39 Å². The third-order valence-electron chi connectivity index (χ3n) is 3.07. The van der Waals surface area contributed by atoms with E-state index >= 15 is 0 Å². The molecule has 0 spiro atoms. The maximum atomic E-state index is 12.9. The summed E-state index contributed by atoms with van der Waals surface area (Å²) in [6.45, 7) is 0.539. The summed E-state index contributed by atoms with van der Waals surface area (Å²) in [7, 11) is 0. The molecule has 102 valence electrons. The minimum absolute atomic E-state index is 0.258. The molecule has 0 aliphatic rings. The number of rotatable bonds is 2. The standard InChI is InChI=1S/C14H9Cl2FN2S/c15-10-5-12-13(6-11(10)16)19(14(20)18-12)7-8-1-3-9(17)4-2-8/h1-6H,7H2,(H,18,20). The molecule has 0 atom stereocenters. The average molecular weight is 327 g/mol. The maximum absolute atomic E-state index is 12.9. The number of nitrogens with one attached hydrogen (secondary N) is 1. The van der Waals surface area contributed by atoms with Crippen molar-refractivity contribution >= 4 is 46.5 Å². The monoisotopic (exact) mass is 326 g/mol. The molecule has 3 rings (SSSR count). The smallest absolute Gasteiger partial charge is 0.178 e. The Balaban J connectivity index is 2.11. The predicted octanol–water partition coefficient (Wildman–Crippen LogP) is 5.19. The summed E-state index contributed by atoms with van der Waals surface area (Å²) in [5, 5.41) is 0.949. The van der Waals surface area contributed by atoms with Crippen LogP contribution in [0.3, 0.4) is 0 Å². The Morgan fingerprint density at radius 2 is 1.75 bits per heavy atom. The molecule has 20 heavy (non-hydrogen) atoms. The summed E-state index contributed by atoms with van der Waals surface area (Å²) in [6, 6.07) is 9.83. The Morgan fingerprint density at radius 1 is 1.10 bits per heavy atom. The highest BCUT2D eigenvalue weighted by Crippen LogP contribution is 2.28. The zero-order valence-corrected chi connectivity index (χ0v) is 12.5. The van der Waals surface area contributed by atoms with Crippen LogP contribution < -0.4 is 0 Å². The molecule has 0 saturated heterocycles. The molecule has 1 N–H and O–H groups in total. The van der Waals surface area contributed by atoms with Crippen LogP contribution in [0.5, 0.6) is 0 Å². The molecule has 6 heteroatoms. The molecule has 3 aromatic rings. The zero-order chi connectivity index (χ0) is 14.3. The molecule has 0 fully saturated rings. The van der Waals surface area contributed by atoms with E-state index < -0.39 is 0 Å². The van der Waals surface area contributed by atoms with Crippen molar-refractivity contribution in [2.24, 2.45) is 0 Å². The van der Waals surface area contributed by atoms with Gasteiger partial charge in [0.1, 0.15) is 5.82 Å². The van der Waals surface area contributed by atoms with Crippen LogP contribution in [0.2, 0.25) is 10.0 Å². The average Bonchev–Trinajstić information content (AvgIpc) is 2.69. The number of aromatic amines is 1. The molecule has 0 aliphatic heterocycles. The number of hydrogen-bond donors (Lipinski definition) is 1. The molecule has 2 aromatic carbocycles. The maximum Gasteiger partial charge on any atom is 0.178 e. The van der Waals surface area contributed by atoms with E-state index in [-0.39, 0.29) is 5.82 Å². The topological polar surface area (TPSA) is 20.7 Å². The molecule has 1 heterocycles. The number of H-pyrrole nitrogens is 1. The molecule has 0 aliphatic carbocycles. The minimum atomic E-state index is -0.258. The lowest BCUT2D eigenvalue weighted by Crippen LogP contribution is -1.99. The first-order chi connectivity index (χ1) is 9.54. The highest BCUT2D eigenvalue weighted by atomic mass is 35.5. The van der Waals surface area contributed by atoms with Crippen LogP contribution in [0.15, 0.2) is 36.4 Å². The number of fused-ring (bicyclic) bond motifs is 1. The largest absolute Gasteiger partial charge is 0.331 e. The van der Waals surface area contributed by atoms with Crippen molar-refractivity contribution in [3.63, 3.8) is 0 Å². The third kappa shape index (κ3) is 2.46. The SMILES string of the molecule is Fc1ccc(Cn2c(=S)[nH]c3cc(Cl)c(Cl)cc32)cc1. The summed E-state index contributed by atoms with van der Waals surface area (Å²) in [5.74, 6) is -0.258. The van der Waals surface area contributed by atoms with Crippen LogP contribution in [0.25, 0.3) is 11.0 Å². The molecule has 1 aromatic heterocycles. The Kier molecular flexibility index (Phi) is 3.54. The second-order valence-corrected chi connectivity index (χ2v) is 5.63. The van der Waals surface area contributed by atoms with Crippen molar-refractivity contribution in [1.29, 1.82) is 0 Å². The summed E-state index contributed by atoms with van der Waals surface area (Å²) >= 11 is 17.4. The Labute approximate surface area is 129 Å². The van der Waals surface area contributed by atoms with Crippen LogP contribution in [0.4, 0.5) is 4.39 Å². The van der Waals surface area contributed by atoms with Gasteiger partial charge in [-0.05, 0) is 42.0 Å². The zero-order valence-electron chi connectivity index (χ0n) is 10.2. The van der Waals surface area contributed by atoms with Gasteiger partial charge < -0.3 is 9.55 Å². The summed E-state index contributed by atoms with van der Waals surface area (Å²) in [5.41, 5.74) is 2.65. The van der Waals surface area contributed by atoms with Crippen molar-refractivity contribution in [2.45, 2.75) is 6.54 Å². The van der Waals surface area contributed by atoms with E-state index in [1.165, 1.54) is 12.1 Å². The quantitative estimate of drug-likeness (QED) is 0.642. The van der Waals surface area contributed by atoms with E-state index in [4.69, 9.17) is 35.4 Å². The van der Waals surface area contributed by atoms with Crippen LogP contribution in [-0.2, 0) is 6.54 Å². The van der Waals surface area contributed by atoms with Crippen LogP contribution >= 0.6 is 35.4 Å². The highest BCUT2D eigenvalue weighted by Gasteiger charge is 2.08. The first-order valence-corrected chi connectivity index (χ1v) is 7.03. The van der Waals surface area contributed by atoms with Gasteiger partial charge in [-0.25, -0.2) is 4.39 Å². The normalized spacial score (nSPS) is 11.2. The van der Waals surface area contributed by atoms with Crippen LogP contribution in [0.1, 0.15) is 5.56 Å². The number of benzene rings is 2. The number of halogens is 3. The third-order valence-corrected chi connectivity index (χ3v) is 4.11. The van der Waals surface area contributed by atoms with Crippen LogP contribution in [-0.4, -0.2) is 9.55 Å². The summed E-state index contributed by atoms with van der Waals surface area (Å²) in [4.78, 5) is 3.09. The Bertz CT molecular complexity index is 837. The lowest BCUT2D eigenvalue weighted by atomic mass is 10.2. The van der Waals surface area contributed by atoms with Crippen molar-refractivity contribution in [3.05, 3.63) is 62.6 Å². The van der Waals surface area contributed by atoms with Gasteiger partial charge in [0.25, 0.3) is 0 Å². The fourth-order valence-corrected chi connectivity index (χ4v) is 2.68. The number of imidazole rings is 1. The molecule has 2 nitrogen and oxygen atoms in total. The first kappa shape index (κ1) is 13.6. The van der Waals surface area contributed by atoms with Crippen LogP contribution in [0, 0.1) is 10.6 Å². The Hall–Kier alpha value is -1.36. The fraction of sp³-hybridized carbons (Fsp3) is 0.0714. The fourth-order valence-electron chi connectivity index (χ4n) is 2.08. The van der Waals surface area contributed by atoms with Gasteiger partial charge in [0, 0.05) is 0 Å². The van der Waals surface area contributed by atoms with Gasteiger partial charge in [-0.2, -0.15) is 0 Å². The molecule has 0 bridgehead atoms. The van der Waals surface area contributed by atoms with E-state index in [0.29, 0.717) is 21.4 Å². The predicted molar refractivity (Wildman–Crippen MR) is 82.6 cm³/mol. The molecule has 0 saturated carbocycles. The number of nitrogens with zero attached hydrogens (tertiary/aromatic N) is 1. The van der Waals surface area contributed by atoms with E-state index in [0.717, 1.165) is 16.6 Å². The second-order valence-electron chi connectivity index (χ2n) is 4.43. The van der Waals surface area contributed by atoms with E-state index in [1.807, 2.05) is 4.57 Å². The Morgan fingerprint density at radius 3 is 2.45 bits per heavy atom. The molecule has 0 amide bonds. The van der Waals surface area contributed by atoms with Crippen molar-refractivity contribution in [3.8, 4) is 0 Å². The van der Waals surface area contributed by atoms with Gasteiger partial charge in [-0.3, -0.25) is 0 Å². The van der Waals surface area contributed by atoms with Crippen molar-refractivity contribution in [1.82, 2.24) is 9.55 Å². The van der Waals surface area contributed by atoms with E-state index in [9.17, 15) is 4.39 Å². The summed E-state index contributed by atoms with van der Waals surface area (Å²) < 4.78 is 15.4. The summed E-state index contributed by atoms with van der Waals surface area (Å²) in [6.07, 6.45) is 0. The van der Waals surface area contributed by atoms with Gasteiger partial charge in [0.2, 0.25) is 0 Å². The van der Waals surface area contributed by atoms with Gasteiger partial charge in [0.05, 0.1) is 27.6 Å². The van der Waals surface area contributed by atoms with E-state index in [1.54, 1.807) is 24.3 Å². The van der Waals surface area contributed by atoms with Gasteiger partial charge in [-0.15, -0.1) is 0 Å². The van der Waals surface area contributed by atoms with Gasteiger partial charge >= 0.3 is 0 Å². The van der Waals surface area contributed by atoms with Gasteiger partial charge in [0.15, 0.2) is 4.77 Å². The first-order valence-electron chi connectivity index (χ1n) is 5.86. The number of hydrogen-bond acceptors (Lipinski definition) is 1.